The van der Waals surface area contributed by atoms with Crippen molar-refractivity contribution in [1.82, 2.24) is 15.2 Å². The summed E-state index contributed by atoms with van der Waals surface area (Å²) in [6.45, 7) is 0. The van der Waals surface area contributed by atoms with Crippen LogP contribution in [-0.4, -0.2) is 49.9 Å². The molecular weight excluding hydrogens is 434 g/mol. The average molecular weight is 454 g/mol. The Morgan fingerprint density at radius 2 is 2.06 bits per heavy atom. The van der Waals surface area contributed by atoms with E-state index < -0.39 is 23.3 Å². The number of rotatable bonds is 7. The fourth-order valence-corrected chi connectivity index (χ4v) is 5.71. The molecule has 2 aliphatic rings. The van der Waals surface area contributed by atoms with Gasteiger partial charge in [0.15, 0.2) is 0 Å². The number of hydrogen-bond acceptors (Lipinski definition) is 6. The van der Waals surface area contributed by atoms with Gasteiger partial charge in [0.25, 0.3) is 5.91 Å². The molecule has 0 spiro atoms. The molecular formula is C22H19N3O4S2. The summed E-state index contributed by atoms with van der Waals surface area (Å²) in [5.41, 5.74) is 1.74. The van der Waals surface area contributed by atoms with Crippen molar-refractivity contribution in [2.45, 2.75) is 17.8 Å². The first-order valence-corrected chi connectivity index (χ1v) is 11.4. The molecule has 1 aromatic heterocycles. The molecule has 0 radical (unpaired) electrons. The van der Waals surface area contributed by atoms with Crippen molar-refractivity contribution < 1.29 is 19.5 Å². The lowest BCUT2D eigenvalue weighted by atomic mass is 10.0. The lowest BCUT2D eigenvalue weighted by Crippen LogP contribution is -2.70. The molecule has 4 rings (SSSR count). The minimum Gasteiger partial charge on any atom is -0.477 e. The maximum absolute atomic E-state index is 12.7. The maximum Gasteiger partial charge on any atom is 0.353 e. The van der Waals surface area contributed by atoms with E-state index >= 15 is 0 Å². The lowest BCUT2D eigenvalue weighted by Gasteiger charge is -2.49. The molecule has 2 aromatic rings. The number of nitrogens with one attached hydrogen (secondary N) is 1. The van der Waals surface area contributed by atoms with Crippen molar-refractivity contribution in [1.29, 1.82) is 0 Å². The second-order valence-corrected chi connectivity index (χ2v) is 9.01. The zero-order valence-corrected chi connectivity index (χ0v) is 17.9. The molecule has 0 bridgehead atoms. The van der Waals surface area contributed by atoms with Gasteiger partial charge >= 0.3 is 5.97 Å². The number of carbonyl (C=O) groups is 3. The van der Waals surface area contributed by atoms with Crippen LogP contribution < -0.4 is 5.32 Å². The lowest BCUT2D eigenvalue weighted by molar-refractivity contribution is -0.150. The first-order chi connectivity index (χ1) is 15.0. The van der Waals surface area contributed by atoms with E-state index in [0.29, 0.717) is 10.7 Å². The summed E-state index contributed by atoms with van der Waals surface area (Å²) in [5.74, 6) is -1.36. The Labute approximate surface area is 187 Å². The molecule has 0 unspecified atom stereocenters. The number of benzene rings is 1. The van der Waals surface area contributed by atoms with Crippen LogP contribution in [0, 0.1) is 0 Å². The van der Waals surface area contributed by atoms with E-state index in [1.54, 1.807) is 17.8 Å². The molecule has 2 amide bonds. The second-order valence-electron chi connectivity index (χ2n) is 6.90. The summed E-state index contributed by atoms with van der Waals surface area (Å²) in [7, 11) is 0. The van der Waals surface area contributed by atoms with E-state index in [0.717, 1.165) is 11.1 Å². The highest BCUT2D eigenvalue weighted by Crippen LogP contribution is 2.43. The van der Waals surface area contributed by atoms with Crippen molar-refractivity contribution in [3.05, 3.63) is 82.0 Å². The predicted octanol–water partition coefficient (Wildman–Crippen LogP) is 2.72. The van der Waals surface area contributed by atoms with Gasteiger partial charge in [-0.15, -0.1) is 11.8 Å². The molecule has 1 fully saturated rings. The molecule has 1 aromatic carbocycles. The summed E-state index contributed by atoms with van der Waals surface area (Å²) in [6.07, 6.45) is 5.39. The number of fused-ring (bicyclic) bond motifs is 1. The van der Waals surface area contributed by atoms with Gasteiger partial charge in [-0.25, -0.2) is 4.79 Å². The standard InChI is InChI=1S/C22H19N3O4S2/c26-17(11-14-5-2-1-3-6-14)24-18-20(27)25-19(22(28)29)16(13-31-21(18)25)30-10-8-15-7-4-9-23-12-15/h1-10,12,18,21H,11,13H2,(H,24,26)(H,28,29)/b10-8-/t18-,21+/m1/s1. The Morgan fingerprint density at radius 1 is 1.26 bits per heavy atom. The summed E-state index contributed by atoms with van der Waals surface area (Å²) < 4.78 is 0. The first-order valence-electron chi connectivity index (χ1n) is 9.52. The molecule has 31 heavy (non-hydrogen) atoms. The Hall–Kier alpha value is -3.04. The minimum absolute atomic E-state index is 0.0110. The predicted molar refractivity (Wildman–Crippen MR) is 121 cm³/mol. The number of carbonyl (C=O) groups excluding carboxylic acids is 2. The first kappa shape index (κ1) is 21.2. The largest absolute Gasteiger partial charge is 0.477 e. The monoisotopic (exact) mass is 453 g/mol. The van der Waals surface area contributed by atoms with Gasteiger partial charge in [0.05, 0.1) is 6.42 Å². The molecule has 0 aliphatic carbocycles. The van der Waals surface area contributed by atoms with Crippen LogP contribution in [-0.2, 0) is 20.8 Å². The van der Waals surface area contributed by atoms with Gasteiger partial charge in [-0.05, 0) is 28.7 Å². The zero-order valence-electron chi connectivity index (χ0n) is 16.3. The number of hydrogen-bond donors (Lipinski definition) is 2. The van der Waals surface area contributed by atoms with Crippen LogP contribution in [0.4, 0.5) is 0 Å². The number of nitrogens with zero attached hydrogens (tertiary/aromatic N) is 2. The third kappa shape index (κ3) is 4.67. The summed E-state index contributed by atoms with van der Waals surface area (Å²) in [4.78, 5) is 42.9. The quantitative estimate of drug-likeness (QED) is 0.622. The minimum atomic E-state index is -1.15. The molecule has 3 heterocycles. The molecule has 9 heteroatoms. The number of aromatic nitrogens is 1. The van der Waals surface area contributed by atoms with Crippen LogP contribution in [0.2, 0.25) is 0 Å². The van der Waals surface area contributed by atoms with Gasteiger partial charge in [-0.3, -0.25) is 19.5 Å². The average Bonchev–Trinajstić information content (AvgIpc) is 2.78. The van der Waals surface area contributed by atoms with Crippen LogP contribution in [0.5, 0.6) is 0 Å². The van der Waals surface area contributed by atoms with E-state index in [-0.39, 0.29) is 18.0 Å². The van der Waals surface area contributed by atoms with Crippen molar-refractivity contribution in [2.24, 2.45) is 0 Å². The van der Waals surface area contributed by atoms with Gasteiger partial charge in [0, 0.05) is 23.1 Å². The molecule has 2 atom stereocenters. The van der Waals surface area contributed by atoms with Gasteiger partial charge in [-0.2, -0.15) is 0 Å². The Morgan fingerprint density at radius 3 is 2.77 bits per heavy atom. The number of pyridine rings is 1. The Bertz CT molecular complexity index is 1060. The van der Waals surface area contributed by atoms with Crippen LogP contribution in [0.1, 0.15) is 11.1 Å². The van der Waals surface area contributed by atoms with E-state index in [2.05, 4.69) is 10.3 Å². The number of carboxylic acids is 1. The van der Waals surface area contributed by atoms with Crippen molar-refractivity contribution in [3.8, 4) is 0 Å². The SMILES string of the molecule is O=C(Cc1ccccc1)N[C@@H]1C(=O)N2C(C(=O)O)=C(S/C=C\c3cccnc3)CS[C@@H]12. The number of carboxylic acid groups (broad SMARTS) is 1. The van der Waals surface area contributed by atoms with Gasteiger partial charge < -0.3 is 10.4 Å². The topological polar surface area (TPSA) is 99.6 Å². The third-order valence-corrected chi connectivity index (χ3v) is 7.17. The van der Waals surface area contributed by atoms with E-state index in [1.165, 1.54) is 28.4 Å². The van der Waals surface area contributed by atoms with Crippen molar-refractivity contribution in [3.63, 3.8) is 0 Å². The normalized spacial score (nSPS) is 20.4. The van der Waals surface area contributed by atoms with Crippen molar-refractivity contribution in [2.75, 3.05) is 5.75 Å². The zero-order chi connectivity index (χ0) is 21.8. The Balaban J connectivity index is 1.43. The molecule has 7 nitrogen and oxygen atoms in total. The third-order valence-electron chi connectivity index (χ3n) is 4.82. The van der Waals surface area contributed by atoms with E-state index in [9.17, 15) is 19.5 Å². The Kier molecular flexibility index (Phi) is 6.43. The van der Waals surface area contributed by atoms with Crippen LogP contribution in [0.25, 0.3) is 6.08 Å². The number of β-lactam (4-membered cyclic amide) rings is 1. The van der Waals surface area contributed by atoms with Crippen LogP contribution >= 0.6 is 23.5 Å². The molecule has 2 aliphatic heterocycles. The van der Waals surface area contributed by atoms with Gasteiger partial charge in [0.1, 0.15) is 17.1 Å². The van der Waals surface area contributed by atoms with Gasteiger partial charge in [-0.1, -0.05) is 48.2 Å². The summed E-state index contributed by atoms with van der Waals surface area (Å²) in [5, 5.41) is 13.9. The summed E-state index contributed by atoms with van der Waals surface area (Å²) >= 11 is 2.73. The fraction of sp³-hybridized carbons (Fsp3) is 0.182. The highest BCUT2D eigenvalue weighted by atomic mass is 32.2. The summed E-state index contributed by atoms with van der Waals surface area (Å²) in [6, 6.07) is 12.3. The van der Waals surface area contributed by atoms with E-state index in [1.807, 2.05) is 48.5 Å². The van der Waals surface area contributed by atoms with E-state index in [4.69, 9.17) is 0 Å². The molecule has 0 saturated carbocycles. The highest BCUT2D eigenvalue weighted by Gasteiger charge is 2.54. The van der Waals surface area contributed by atoms with Crippen LogP contribution in [0.3, 0.4) is 0 Å². The van der Waals surface area contributed by atoms with Crippen LogP contribution in [0.15, 0.2) is 70.9 Å². The maximum atomic E-state index is 12.7. The fourth-order valence-electron chi connectivity index (χ4n) is 3.36. The smallest absolute Gasteiger partial charge is 0.353 e. The number of amides is 2. The second kappa shape index (κ2) is 9.40. The highest BCUT2D eigenvalue weighted by molar-refractivity contribution is 8.08. The number of thioether (sulfide) groups is 2. The van der Waals surface area contributed by atoms with Crippen molar-refractivity contribution >= 4 is 47.4 Å². The molecule has 158 valence electrons. The molecule has 1 saturated heterocycles. The van der Waals surface area contributed by atoms with Gasteiger partial charge in [0.2, 0.25) is 5.91 Å². The molecule has 2 N–H and O–H groups in total. The number of aliphatic carboxylic acids is 1.